The average Bonchev–Trinajstić information content (AvgIpc) is 2.93. The lowest BCUT2D eigenvalue weighted by Crippen LogP contribution is -2.51. The van der Waals surface area contributed by atoms with Gasteiger partial charge in [0.1, 0.15) is 11.8 Å². The molecule has 0 aliphatic heterocycles. The summed E-state index contributed by atoms with van der Waals surface area (Å²) in [4.78, 5) is 28.9. The van der Waals surface area contributed by atoms with Crippen molar-refractivity contribution in [3.8, 4) is 5.75 Å². The Hall–Kier alpha value is -4.12. The fourth-order valence-corrected chi connectivity index (χ4v) is 4.43. The van der Waals surface area contributed by atoms with Crippen LogP contribution in [0.1, 0.15) is 30.0 Å². The van der Waals surface area contributed by atoms with E-state index in [1.807, 2.05) is 111 Å². The lowest BCUT2D eigenvalue weighted by atomic mass is 10.0. The van der Waals surface area contributed by atoms with E-state index in [1.54, 1.807) is 4.90 Å². The molecule has 5 heteroatoms. The molecule has 4 aromatic carbocycles. The molecule has 4 rings (SSSR count). The van der Waals surface area contributed by atoms with Gasteiger partial charge in [0.15, 0.2) is 6.61 Å². The molecule has 0 fully saturated rings. The molecular formula is C32H34N2O3. The third kappa shape index (κ3) is 6.76. The topological polar surface area (TPSA) is 58.6 Å². The fraction of sp³-hybridized carbons (Fsp3) is 0.250. The van der Waals surface area contributed by atoms with Crippen LogP contribution in [0.5, 0.6) is 5.75 Å². The van der Waals surface area contributed by atoms with Crippen molar-refractivity contribution < 1.29 is 14.3 Å². The van der Waals surface area contributed by atoms with Crippen molar-refractivity contribution in [2.24, 2.45) is 0 Å². The summed E-state index contributed by atoms with van der Waals surface area (Å²) in [6, 6.07) is 30.9. The summed E-state index contributed by atoms with van der Waals surface area (Å²) in [7, 11) is 0. The Bertz CT molecular complexity index is 1330. The molecule has 0 saturated carbocycles. The smallest absolute Gasteiger partial charge is 0.261 e. The second-order valence-corrected chi connectivity index (χ2v) is 9.21. The minimum Gasteiger partial charge on any atom is -0.483 e. The highest BCUT2D eigenvalue weighted by Crippen LogP contribution is 2.25. The minimum absolute atomic E-state index is 0.155. The van der Waals surface area contributed by atoms with E-state index >= 15 is 0 Å². The summed E-state index contributed by atoms with van der Waals surface area (Å²) in [5, 5.41) is 5.01. The fourth-order valence-electron chi connectivity index (χ4n) is 4.43. The van der Waals surface area contributed by atoms with Crippen molar-refractivity contribution in [1.29, 1.82) is 0 Å². The normalized spacial score (nSPS) is 11.6. The Morgan fingerprint density at radius 2 is 1.57 bits per heavy atom. The largest absolute Gasteiger partial charge is 0.483 e. The van der Waals surface area contributed by atoms with Crippen molar-refractivity contribution in [3.63, 3.8) is 0 Å². The van der Waals surface area contributed by atoms with Gasteiger partial charge in [0, 0.05) is 24.9 Å². The third-order valence-corrected chi connectivity index (χ3v) is 6.52. The summed E-state index contributed by atoms with van der Waals surface area (Å²) in [5.74, 6) is 0.263. The van der Waals surface area contributed by atoms with Crippen LogP contribution in [0.2, 0.25) is 0 Å². The van der Waals surface area contributed by atoms with Crippen molar-refractivity contribution in [2.75, 3.05) is 13.2 Å². The quantitative estimate of drug-likeness (QED) is 0.291. The van der Waals surface area contributed by atoms with E-state index in [0.29, 0.717) is 25.3 Å². The molecule has 0 aliphatic rings. The van der Waals surface area contributed by atoms with Crippen LogP contribution >= 0.6 is 0 Å². The number of benzene rings is 4. The number of ether oxygens (including phenoxy) is 1. The highest BCUT2D eigenvalue weighted by molar-refractivity contribution is 5.90. The number of amides is 2. The molecule has 0 unspecified atom stereocenters. The number of rotatable bonds is 11. The van der Waals surface area contributed by atoms with Crippen molar-refractivity contribution in [3.05, 3.63) is 114 Å². The van der Waals surface area contributed by atoms with Crippen LogP contribution in [0, 0.1) is 6.92 Å². The summed E-state index contributed by atoms with van der Waals surface area (Å²) in [5.41, 5.74) is 3.07. The van der Waals surface area contributed by atoms with E-state index in [1.165, 1.54) is 0 Å². The monoisotopic (exact) mass is 494 g/mol. The van der Waals surface area contributed by atoms with Gasteiger partial charge in [-0.25, -0.2) is 0 Å². The number of carbonyl (C=O) groups is 2. The second-order valence-electron chi connectivity index (χ2n) is 9.21. The van der Waals surface area contributed by atoms with E-state index in [-0.39, 0.29) is 18.4 Å². The summed E-state index contributed by atoms with van der Waals surface area (Å²) in [6.45, 7) is 4.76. The maximum Gasteiger partial charge on any atom is 0.261 e. The minimum atomic E-state index is -0.669. The Balaban J connectivity index is 1.64. The van der Waals surface area contributed by atoms with E-state index in [2.05, 4.69) is 5.32 Å². The molecule has 0 bridgehead atoms. The molecule has 190 valence electrons. The van der Waals surface area contributed by atoms with Gasteiger partial charge < -0.3 is 15.0 Å². The Labute approximate surface area is 219 Å². The van der Waals surface area contributed by atoms with Crippen LogP contribution in [0.25, 0.3) is 10.8 Å². The van der Waals surface area contributed by atoms with Crippen LogP contribution in [-0.4, -0.2) is 35.9 Å². The van der Waals surface area contributed by atoms with Crippen molar-refractivity contribution >= 4 is 22.6 Å². The lowest BCUT2D eigenvalue weighted by Gasteiger charge is -2.32. The molecule has 5 nitrogen and oxygen atoms in total. The first-order valence-corrected chi connectivity index (χ1v) is 12.8. The van der Waals surface area contributed by atoms with Crippen molar-refractivity contribution in [1.82, 2.24) is 10.2 Å². The van der Waals surface area contributed by atoms with E-state index in [4.69, 9.17) is 4.74 Å². The van der Waals surface area contributed by atoms with E-state index < -0.39 is 6.04 Å². The number of aryl methyl sites for hydroxylation is 1. The summed E-state index contributed by atoms with van der Waals surface area (Å²) in [6.07, 6.45) is 1.24. The number of fused-ring (bicyclic) bond motifs is 1. The zero-order valence-corrected chi connectivity index (χ0v) is 21.5. The number of hydrogen-bond donors (Lipinski definition) is 1. The molecule has 0 aromatic heterocycles. The van der Waals surface area contributed by atoms with Gasteiger partial charge in [-0.05, 0) is 41.5 Å². The Morgan fingerprint density at radius 3 is 2.35 bits per heavy atom. The Kier molecular flexibility index (Phi) is 8.93. The second kappa shape index (κ2) is 12.7. The van der Waals surface area contributed by atoms with Crippen molar-refractivity contribution in [2.45, 2.75) is 39.3 Å². The first-order chi connectivity index (χ1) is 18.1. The van der Waals surface area contributed by atoms with Gasteiger partial charge in [0.2, 0.25) is 5.91 Å². The number of hydrogen-bond acceptors (Lipinski definition) is 3. The van der Waals surface area contributed by atoms with Gasteiger partial charge in [-0.2, -0.15) is 0 Å². The average molecular weight is 495 g/mol. The third-order valence-electron chi connectivity index (χ3n) is 6.52. The molecular weight excluding hydrogens is 460 g/mol. The molecule has 2 amide bonds. The zero-order valence-electron chi connectivity index (χ0n) is 21.5. The maximum absolute atomic E-state index is 13.8. The molecule has 37 heavy (non-hydrogen) atoms. The number of carbonyl (C=O) groups excluding carboxylic acids is 2. The lowest BCUT2D eigenvalue weighted by molar-refractivity contribution is -0.142. The molecule has 1 atom stereocenters. The van der Waals surface area contributed by atoms with Crippen LogP contribution < -0.4 is 10.1 Å². The highest BCUT2D eigenvalue weighted by atomic mass is 16.5. The van der Waals surface area contributed by atoms with E-state index in [9.17, 15) is 9.59 Å². The molecule has 0 saturated heterocycles. The highest BCUT2D eigenvalue weighted by Gasteiger charge is 2.31. The summed E-state index contributed by atoms with van der Waals surface area (Å²) < 4.78 is 6.07. The predicted molar refractivity (Wildman–Crippen MR) is 148 cm³/mol. The standard InChI is InChI=1S/C32H34N2O3/c1-3-20-33-32(36)29(21-25-13-5-4-6-14-25)34(22-27-16-8-7-12-24(27)2)31(35)23-37-30-19-11-17-26-15-9-10-18-28(26)30/h4-19,29H,3,20-23H2,1-2H3,(H,33,36)/t29-/m0/s1. The van der Waals surface area contributed by atoms with Gasteiger partial charge in [-0.3, -0.25) is 9.59 Å². The number of nitrogens with one attached hydrogen (secondary N) is 1. The van der Waals surface area contributed by atoms with Gasteiger partial charge in [-0.15, -0.1) is 0 Å². The van der Waals surface area contributed by atoms with Crippen LogP contribution in [0.15, 0.2) is 97.1 Å². The first kappa shape index (κ1) is 26.0. The summed E-state index contributed by atoms with van der Waals surface area (Å²) >= 11 is 0. The van der Waals surface area contributed by atoms with E-state index in [0.717, 1.165) is 33.9 Å². The molecule has 0 spiro atoms. The van der Waals surface area contributed by atoms with Crippen LogP contribution in [0.4, 0.5) is 0 Å². The van der Waals surface area contributed by atoms with Crippen LogP contribution in [0.3, 0.4) is 0 Å². The predicted octanol–water partition coefficient (Wildman–Crippen LogP) is 5.69. The van der Waals surface area contributed by atoms with Crippen LogP contribution in [-0.2, 0) is 22.6 Å². The van der Waals surface area contributed by atoms with Gasteiger partial charge in [-0.1, -0.05) is 97.9 Å². The molecule has 0 heterocycles. The molecule has 0 radical (unpaired) electrons. The zero-order chi connectivity index (χ0) is 26.0. The molecule has 4 aromatic rings. The molecule has 1 N–H and O–H groups in total. The molecule has 0 aliphatic carbocycles. The van der Waals surface area contributed by atoms with Gasteiger partial charge in [0.25, 0.3) is 5.91 Å². The maximum atomic E-state index is 13.8. The number of nitrogens with zero attached hydrogens (tertiary/aromatic N) is 1. The van der Waals surface area contributed by atoms with Gasteiger partial charge >= 0.3 is 0 Å². The first-order valence-electron chi connectivity index (χ1n) is 12.8. The SMILES string of the molecule is CCCNC(=O)[C@H](Cc1ccccc1)N(Cc1ccccc1C)C(=O)COc1cccc2ccccc12. The van der Waals surface area contributed by atoms with Gasteiger partial charge in [0.05, 0.1) is 0 Å². The Morgan fingerprint density at radius 1 is 0.865 bits per heavy atom.